The van der Waals surface area contributed by atoms with Gasteiger partial charge in [-0.1, -0.05) is 0 Å². The van der Waals surface area contributed by atoms with Crippen molar-refractivity contribution in [3.63, 3.8) is 0 Å². The van der Waals surface area contributed by atoms with Gasteiger partial charge in [-0.15, -0.1) is 0 Å². The standard InChI is InChI=1S/C11H8F4N2O4S/c1-6-4-7(12)8(17-10(18)2-3-16)5-9(6)21-22(19,20)11(13,14)15/h4-5H,2H2,1H3,(H,17,18). The van der Waals surface area contributed by atoms with Crippen molar-refractivity contribution in [2.75, 3.05) is 5.32 Å². The summed E-state index contributed by atoms with van der Waals surface area (Å²) in [5.41, 5.74) is -6.50. The molecule has 0 aromatic heterocycles. The average Bonchev–Trinajstić information content (AvgIpc) is 2.33. The Balaban J connectivity index is 3.18. The van der Waals surface area contributed by atoms with Crippen LogP contribution in [0.25, 0.3) is 0 Å². The molecule has 1 N–H and O–H groups in total. The Kier molecular flexibility index (Phi) is 4.98. The molecule has 0 fully saturated rings. The second-order valence-electron chi connectivity index (χ2n) is 3.96. The molecule has 0 aliphatic rings. The number of alkyl halides is 3. The minimum atomic E-state index is -5.93. The number of carbonyl (C=O) groups is 1. The first-order valence-electron chi connectivity index (χ1n) is 5.45. The number of nitrogens with zero attached hydrogens (tertiary/aromatic N) is 1. The molecule has 6 nitrogen and oxygen atoms in total. The van der Waals surface area contributed by atoms with Crippen LogP contribution in [0.15, 0.2) is 12.1 Å². The van der Waals surface area contributed by atoms with Gasteiger partial charge in [0.05, 0.1) is 11.8 Å². The molecule has 11 heteroatoms. The lowest BCUT2D eigenvalue weighted by atomic mass is 10.2. The predicted molar refractivity (Wildman–Crippen MR) is 65.6 cm³/mol. The normalized spacial score (nSPS) is 11.6. The average molecular weight is 340 g/mol. The van der Waals surface area contributed by atoms with E-state index in [2.05, 4.69) is 4.18 Å². The molecule has 1 aromatic rings. The molecule has 0 aliphatic carbocycles. The molecule has 0 saturated heterocycles. The third kappa shape index (κ3) is 4.08. The number of carbonyl (C=O) groups excluding carboxylic acids is 1. The van der Waals surface area contributed by atoms with Crippen LogP contribution in [0.1, 0.15) is 12.0 Å². The highest BCUT2D eigenvalue weighted by molar-refractivity contribution is 7.88. The van der Waals surface area contributed by atoms with E-state index in [0.717, 1.165) is 6.92 Å². The van der Waals surface area contributed by atoms with Crippen LogP contribution in [0.5, 0.6) is 5.75 Å². The Morgan fingerprint density at radius 3 is 2.50 bits per heavy atom. The van der Waals surface area contributed by atoms with E-state index in [0.29, 0.717) is 12.1 Å². The third-order valence-corrected chi connectivity index (χ3v) is 3.23. The van der Waals surface area contributed by atoms with Crippen LogP contribution in [0.4, 0.5) is 23.2 Å². The number of halogens is 4. The van der Waals surface area contributed by atoms with Crippen LogP contribution < -0.4 is 9.50 Å². The van der Waals surface area contributed by atoms with Crippen molar-refractivity contribution >= 4 is 21.7 Å². The lowest BCUT2D eigenvalue weighted by Crippen LogP contribution is -2.28. The van der Waals surface area contributed by atoms with Crippen molar-refractivity contribution in [3.8, 4) is 11.8 Å². The molecule has 1 aromatic carbocycles. The highest BCUT2D eigenvalue weighted by atomic mass is 32.2. The highest BCUT2D eigenvalue weighted by Gasteiger charge is 2.48. The fraction of sp³-hybridized carbons (Fsp3) is 0.273. The number of hydrogen-bond donors (Lipinski definition) is 1. The van der Waals surface area contributed by atoms with Crippen molar-refractivity contribution in [1.29, 1.82) is 5.26 Å². The third-order valence-electron chi connectivity index (χ3n) is 2.26. The fourth-order valence-electron chi connectivity index (χ4n) is 1.27. The highest BCUT2D eigenvalue weighted by Crippen LogP contribution is 2.31. The van der Waals surface area contributed by atoms with E-state index < -0.39 is 45.2 Å². The van der Waals surface area contributed by atoms with E-state index in [9.17, 15) is 30.8 Å². The number of aryl methyl sites for hydroxylation is 1. The Morgan fingerprint density at radius 2 is 2.00 bits per heavy atom. The van der Waals surface area contributed by atoms with Gasteiger partial charge in [0.1, 0.15) is 18.0 Å². The summed E-state index contributed by atoms with van der Waals surface area (Å²) in [5, 5.41) is 10.2. The van der Waals surface area contributed by atoms with Crippen molar-refractivity contribution in [1.82, 2.24) is 0 Å². The van der Waals surface area contributed by atoms with E-state index in [1.54, 1.807) is 0 Å². The Bertz CT molecular complexity index is 738. The summed E-state index contributed by atoms with van der Waals surface area (Å²) >= 11 is 0. The van der Waals surface area contributed by atoms with Crippen molar-refractivity contribution < 1.29 is 35.0 Å². The first-order chi connectivity index (χ1) is 9.98. The Hall–Kier alpha value is -2.35. The zero-order valence-corrected chi connectivity index (χ0v) is 11.7. The van der Waals surface area contributed by atoms with Gasteiger partial charge in [-0.05, 0) is 18.6 Å². The van der Waals surface area contributed by atoms with Crippen LogP contribution in [0.2, 0.25) is 0 Å². The molecule has 0 aliphatic heterocycles. The molecule has 0 heterocycles. The van der Waals surface area contributed by atoms with Crippen molar-refractivity contribution in [2.24, 2.45) is 0 Å². The molecule has 1 rings (SSSR count). The topological polar surface area (TPSA) is 96.3 Å². The number of benzene rings is 1. The Labute approximate surface area is 122 Å². The fourth-order valence-corrected chi connectivity index (χ4v) is 1.78. The van der Waals surface area contributed by atoms with Crippen LogP contribution in [-0.4, -0.2) is 19.8 Å². The quantitative estimate of drug-likeness (QED) is 0.515. The van der Waals surface area contributed by atoms with Gasteiger partial charge in [-0.2, -0.15) is 26.9 Å². The van der Waals surface area contributed by atoms with Gasteiger partial charge in [-0.3, -0.25) is 4.79 Å². The molecule has 22 heavy (non-hydrogen) atoms. The summed E-state index contributed by atoms with van der Waals surface area (Å²) in [5.74, 6) is -2.75. The van der Waals surface area contributed by atoms with Gasteiger partial charge in [-0.25, -0.2) is 4.39 Å². The van der Waals surface area contributed by atoms with Crippen molar-refractivity contribution in [3.05, 3.63) is 23.5 Å². The van der Waals surface area contributed by atoms with E-state index in [1.165, 1.54) is 6.07 Å². The molecule has 0 atom stereocenters. The van der Waals surface area contributed by atoms with E-state index >= 15 is 0 Å². The first-order valence-corrected chi connectivity index (χ1v) is 6.86. The van der Waals surface area contributed by atoms with E-state index in [-0.39, 0.29) is 5.56 Å². The van der Waals surface area contributed by atoms with E-state index in [4.69, 9.17) is 5.26 Å². The first kappa shape index (κ1) is 17.7. The number of nitriles is 1. The van der Waals surface area contributed by atoms with Gasteiger partial charge in [0.2, 0.25) is 5.91 Å². The zero-order valence-electron chi connectivity index (χ0n) is 10.9. The maximum atomic E-state index is 13.6. The van der Waals surface area contributed by atoms with Crippen LogP contribution in [-0.2, 0) is 14.9 Å². The minimum Gasteiger partial charge on any atom is -0.376 e. The summed E-state index contributed by atoms with van der Waals surface area (Å²) in [7, 11) is -5.93. The van der Waals surface area contributed by atoms with Gasteiger partial charge >= 0.3 is 15.6 Å². The number of amides is 1. The van der Waals surface area contributed by atoms with Crippen LogP contribution in [0.3, 0.4) is 0 Å². The number of nitrogens with one attached hydrogen (secondary N) is 1. The minimum absolute atomic E-state index is 0.233. The summed E-state index contributed by atoms with van der Waals surface area (Å²) < 4.78 is 76.1. The summed E-state index contributed by atoms with van der Waals surface area (Å²) in [4.78, 5) is 11.2. The summed E-state index contributed by atoms with van der Waals surface area (Å²) in [6, 6.07) is 2.75. The van der Waals surface area contributed by atoms with Crippen LogP contribution in [0, 0.1) is 24.1 Å². The van der Waals surface area contributed by atoms with Gasteiger partial charge in [0.15, 0.2) is 0 Å². The van der Waals surface area contributed by atoms with Crippen LogP contribution >= 0.6 is 0 Å². The molecule has 1 amide bonds. The summed E-state index contributed by atoms with van der Waals surface area (Å²) in [6.07, 6.45) is -0.621. The molecule has 120 valence electrons. The van der Waals surface area contributed by atoms with Gasteiger partial charge in [0, 0.05) is 6.07 Å². The van der Waals surface area contributed by atoms with Crippen molar-refractivity contribution in [2.45, 2.75) is 18.9 Å². The Morgan fingerprint density at radius 1 is 1.41 bits per heavy atom. The van der Waals surface area contributed by atoms with Gasteiger partial charge < -0.3 is 9.50 Å². The molecule has 0 bridgehead atoms. The monoisotopic (exact) mass is 340 g/mol. The summed E-state index contributed by atoms with van der Waals surface area (Å²) in [6.45, 7) is 1.12. The second-order valence-corrected chi connectivity index (χ2v) is 5.50. The molecule has 0 radical (unpaired) electrons. The SMILES string of the molecule is Cc1cc(F)c(NC(=O)CC#N)cc1OS(=O)(=O)C(F)(F)F. The molecule has 0 unspecified atom stereocenters. The lowest BCUT2D eigenvalue weighted by molar-refractivity contribution is -0.115. The van der Waals surface area contributed by atoms with E-state index in [1.807, 2.05) is 5.32 Å². The lowest BCUT2D eigenvalue weighted by Gasteiger charge is -2.13. The maximum Gasteiger partial charge on any atom is 0.534 e. The maximum absolute atomic E-state index is 13.6. The smallest absolute Gasteiger partial charge is 0.376 e. The molecule has 0 spiro atoms. The molecule has 0 saturated carbocycles. The largest absolute Gasteiger partial charge is 0.534 e. The zero-order chi connectivity index (χ0) is 17.1. The number of rotatable bonds is 4. The second kappa shape index (κ2) is 6.18. The number of hydrogen-bond acceptors (Lipinski definition) is 5. The molecular formula is C11H8F4N2O4S. The molecular weight excluding hydrogens is 332 g/mol. The van der Waals surface area contributed by atoms with Gasteiger partial charge in [0.25, 0.3) is 0 Å². The predicted octanol–water partition coefficient (Wildman–Crippen LogP) is 2.21. The number of anilines is 1.